The minimum atomic E-state index is -0.651. The predicted octanol–water partition coefficient (Wildman–Crippen LogP) is 1.43. The van der Waals surface area contributed by atoms with Crippen LogP contribution in [-0.2, 0) is 0 Å². The van der Waals surface area contributed by atoms with Crippen LogP contribution >= 0.6 is 0 Å². The molecule has 16 heavy (non-hydrogen) atoms. The second kappa shape index (κ2) is 4.39. The van der Waals surface area contributed by atoms with Gasteiger partial charge in [-0.1, -0.05) is 0 Å². The van der Waals surface area contributed by atoms with E-state index < -0.39 is 6.10 Å². The third-order valence-electron chi connectivity index (χ3n) is 2.79. The van der Waals surface area contributed by atoms with E-state index in [0.29, 0.717) is 17.9 Å². The number of halogens is 1. The van der Waals surface area contributed by atoms with Gasteiger partial charge in [0.2, 0.25) is 0 Å². The van der Waals surface area contributed by atoms with Crippen LogP contribution in [0.25, 0.3) is 0 Å². The highest BCUT2D eigenvalue weighted by Crippen LogP contribution is 2.35. The first kappa shape index (κ1) is 11.4. The molecule has 0 fully saturated rings. The molecule has 1 aliphatic rings. The first-order chi connectivity index (χ1) is 7.58. The van der Waals surface area contributed by atoms with E-state index in [-0.39, 0.29) is 11.7 Å². The lowest BCUT2D eigenvalue weighted by atomic mass is 9.93. The van der Waals surface area contributed by atoms with Crippen molar-refractivity contribution >= 4 is 0 Å². The summed E-state index contributed by atoms with van der Waals surface area (Å²) in [6, 6.07) is 4.26. The standard InChI is InChI=1S/C12H16FNO2/c1-14(2)6-8-7-16-11-4-3-9(13)5-10(11)12(8)15/h3-5,8,12,15H,6-7H2,1-2H3/t8-,12+/m1/s1. The Bertz CT molecular complexity index is 381. The molecule has 1 heterocycles. The first-order valence-electron chi connectivity index (χ1n) is 5.33. The number of fused-ring (bicyclic) bond motifs is 1. The van der Waals surface area contributed by atoms with E-state index in [1.165, 1.54) is 12.1 Å². The van der Waals surface area contributed by atoms with Crippen molar-refractivity contribution in [2.45, 2.75) is 6.10 Å². The number of hydrogen-bond donors (Lipinski definition) is 1. The number of nitrogens with zero attached hydrogens (tertiary/aromatic N) is 1. The van der Waals surface area contributed by atoms with Crippen molar-refractivity contribution in [2.75, 3.05) is 27.2 Å². The maximum Gasteiger partial charge on any atom is 0.125 e. The van der Waals surface area contributed by atoms with Crippen LogP contribution in [0.1, 0.15) is 11.7 Å². The van der Waals surface area contributed by atoms with E-state index in [4.69, 9.17) is 4.74 Å². The number of ether oxygens (including phenoxy) is 1. The van der Waals surface area contributed by atoms with E-state index in [2.05, 4.69) is 0 Å². The summed E-state index contributed by atoms with van der Waals surface area (Å²) in [5.74, 6) is 0.236. The van der Waals surface area contributed by atoms with Crippen molar-refractivity contribution in [2.24, 2.45) is 5.92 Å². The third-order valence-corrected chi connectivity index (χ3v) is 2.79. The quantitative estimate of drug-likeness (QED) is 0.826. The van der Waals surface area contributed by atoms with E-state index in [0.717, 1.165) is 6.54 Å². The van der Waals surface area contributed by atoms with Crippen LogP contribution in [-0.4, -0.2) is 37.3 Å². The number of benzene rings is 1. The molecule has 0 radical (unpaired) electrons. The van der Waals surface area contributed by atoms with E-state index >= 15 is 0 Å². The molecule has 0 amide bonds. The normalized spacial score (nSPS) is 24.1. The molecule has 0 aliphatic carbocycles. The second-order valence-electron chi connectivity index (χ2n) is 4.46. The monoisotopic (exact) mass is 225 g/mol. The molecule has 0 bridgehead atoms. The summed E-state index contributed by atoms with van der Waals surface area (Å²) >= 11 is 0. The van der Waals surface area contributed by atoms with E-state index in [9.17, 15) is 9.50 Å². The maximum atomic E-state index is 13.1. The smallest absolute Gasteiger partial charge is 0.125 e. The Kier molecular flexibility index (Phi) is 3.12. The summed E-state index contributed by atoms with van der Waals surface area (Å²) in [4.78, 5) is 1.99. The zero-order chi connectivity index (χ0) is 11.7. The van der Waals surface area contributed by atoms with Crippen molar-refractivity contribution in [3.05, 3.63) is 29.6 Å². The number of hydrogen-bond acceptors (Lipinski definition) is 3. The number of aliphatic hydroxyl groups is 1. The second-order valence-corrected chi connectivity index (χ2v) is 4.46. The Morgan fingerprint density at radius 2 is 2.25 bits per heavy atom. The molecular weight excluding hydrogens is 209 g/mol. The Hall–Kier alpha value is -1.13. The minimum Gasteiger partial charge on any atom is -0.493 e. The SMILES string of the molecule is CN(C)C[C@@H]1COc2ccc(F)cc2[C@H]1O. The molecule has 2 rings (SSSR count). The molecule has 2 atom stereocenters. The Morgan fingerprint density at radius 3 is 2.94 bits per heavy atom. The molecule has 1 aromatic carbocycles. The highest BCUT2D eigenvalue weighted by Gasteiger charge is 2.29. The molecule has 1 aromatic rings. The van der Waals surface area contributed by atoms with Gasteiger partial charge in [0, 0.05) is 18.0 Å². The van der Waals surface area contributed by atoms with Gasteiger partial charge in [-0.05, 0) is 32.3 Å². The zero-order valence-electron chi connectivity index (χ0n) is 9.48. The molecule has 1 N–H and O–H groups in total. The topological polar surface area (TPSA) is 32.7 Å². The summed E-state index contributed by atoms with van der Waals surface area (Å²) < 4.78 is 18.6. The Balaban J connectivity index is 2.23. The van der Waals surface area contributed by atoms with E-state index in [1.54, 1.807) is 6.07 Å². The van der Waals surface area contributed by atoms with Crippen LogP contribution in [0.3, 0.4) is 0 Å². The van der Waals surface area contributed by atoms with Crippen LogP contribution in [0.2, 0.25) is 0 Å². The van der Waals surface area contributed by atoms with Gasteiger partial charge in [0.1, 0.15) is 11.6 Å². The lowest BCUT2D eigenvalue weighted by Gasteiger charge is -2.31. The molecule has 0 unspecified atom stereocenters. The average Bonchev–Trinajstić information content (AvgIpc) is 2.22. The molecule has 1 aliphatic heterocycles. The van der Waals surface area contributed by atoms with Gasteiger partial charge in [-0.3, -0.25) is 0 Å². The van der Waals surface area contributed by atoms with Crippen molar-refractivity contribution in [1.29, 1.82) is 0 Å². The van der Waals surface area contributed by atoms with Gasteiger partial charge in [0.05, 0.1) is 12.7 Å². The summed E-state index contributed by atoms with van der Waals surface area (Å²) in [6.07, 6.45) is -0.651. The average molecular weight is 225 g/mol. The summed E-state index contributed by atoms with van der Waals surface area (Å²) in [5.41, 5.74) is 0.554. The fourth-order valence-corrected chi connectivity index (χ4v) is 2.05. The Morgan fingerprint density at radius 1 is 1.50 bits per heavy atom. The van der Waals surface area contributed by atoms with Gasteiger partial charge < -0.3 is 14.7 Å². The van der Waals surface area contributed by atoms with Crippen LogP contribution in [0.4, 0.5) is 4.39 Å². The molecule has 0 aromatic heterocycles. The van der Waals surface area contributed by atoms with Crippen LogP contribution in [0, 0.1) is 11.7 Å². The summed E-state index contributed by atoms with van der Waals surface area (Å²) in [5, 5.41) is 10.1. The third kappa shape index (κ3) is 2.18. The van der Waals surface area contributed by atoms with Crippen molar-refractivity contribution in [3.63, 3.8) is 0 Å². The maximum absolute atomic E-state index is 13.1. The van der Waals surface area contributed by atoms with Gasteiger partial charge in [0.15, 0.2) is 0 Å². The fourth-order valence-electron chi connectivity index (χ4n) is 2.05. The van der Waals surface area contributed by atoms with E-state index in [1.807, 2.05) is 19.0 Å². The molecule has 3 nitrogen and oxygen atoms in total. The molecular formula is C12H16FNO2. The van der Waals surface area contributed by atoms with Gasteiger partial charge in [-0.15, -0.1) is 0 Å². The van der Waals surface area contributed by atoms with Gasteiger partial charge >= 0.3 is 0 Å². The molecule has 0 saturated carbocycles. The predicted molar refractivity (Wildman–Crippen MR) is 58.9 cm³/mol. The number of aliphatic hydroxyl groups excluding tert-OH is 1. The minimum absolute atomic E-state index is 0.00991. The highest BCUT2D eigenvalue weighted by atomic mass is 19.1. The fraction of sp³-hybridized carbons (Fsp3) is 0.500. The molecule has 0 spiro atoms. The highest BCUT2D eigenvalue weighted by molar-refractivity contribution is 5.37. The van der Waals surface area contributed by atoms with Gasteiger partial charge in [-0.2, -0.15) is 0 Å². The molecule has 88 valence electrons. The van der Waals surface area contributed by atoms with Crippen LogP contribution in [0.15, 0.2) is 18.2 Å². The lowest BCUT2D eigenvalue weighted by Crippen LogP contribution is -2.34. The van der Waals surface area contributed by atoms with Gasteiger partial charge in [-0.25, -0.2) is 4.39 Å². The zero-order valence-corrected chi connectivity index (χ0v) is 9.48. The van der Waals surface area contributed by atoms with Crippen LogP contribution < -0.4 is 4.74 Å². The molecule has 4 heteroatoms. The van der Waals surface area contributed by atoms with Gasteiger partial charge in [0.25, 0.3) is 0 Å². The Labute approximate surface area is 94.4 Å². The van der Waals surface area contributed by atoms with Crippen molar-refractivity contribution in [1.82, 2.24) is 4.90 Å². The van der Waals surface area contributed by atoms with Crippen molar-refractivity contribution < 1.29 is 14.2 Å². The van der Waals surface area contributed by atoms with Crippen LogP contribution in [0.5, 0.6) is 5.75 Å². The number of rotatable bonds is 2. The summed E-state index contributed by atoms with van der Waals surface area (Å²) in [7, 11) is 3.88. The largest absolute Gasteiger partial charge is 0.493 e. The molecule has 0 saturated heterocycles. The lowest BCUT2D eigenvalue weighted by molar-refractivity contribution is 0.0366. The van der Waals surface area contributed by atoms with Crippen molar-refractivity contribution in [3.8, 4) is 5.75 Å². The summed E-state index contributed by atoms with van der Waals surface area (Å²) in [6.45, 7) is 1.19. The first-order valence-corrected chi connectivity index (χ1v) is 5.33.